The summed E-state index contributed by atoms with van der Waals surface area (Å²) in [5.41, 5.74) is 2.93. The second-order valence-corrected chi connectivity index (χ2v) is 2.50. The summed E-state index contributed by atoms with van der Waals surface area (Å²) in [4.78, 5) is 10.9. The topological polar surface area (TPSA) is 52.6 Å². The van der Waals surface area contributed by atoms with Gasteiger partial charge >= 0.3 is 0 Å². The van der Waals surface area contributed by atoms with Crippen molar-refractivity contribution in [2.24, 2.45) is 0 Å². The predicted octanol–water partition coefficient (Wildman–Crippen LogP) is -0.896. The van der Waals surface area contributed by atoms with Crippen LogP contribution in [0.15, 0.2) is 0 Å². The van der Waals surface area contributed by atoms with Crippen LogP contribution in [0, 0.1) is 0 Å². The van der Waals surface area contributed by atoms with Gasteiger partial charge in [-0.15, -0.1) is 0 Å². The van der Waals surface area contributed by atoms with Crippen LogP contribution >= 0.6 is 0 Å². The Kier molecular flexibility index (Phi) is 2.24. The number of aliphatic hydroxyl groups is 1. The molecule has 1 atom stereocenters. The summed E-state index contributed by atoms with van der Waals surface area (Å²) in [6, 6.07) is 0.221. The molecule has 1 aliphatic heterocycles. The van der Waals surface area contributed by atoms with Crippen molar-refractivity contribution in [2.45, 2.75) is 19.4 Å². The van der Waals surface area contributed by atoms with E-state index in [1.165, 1.54) is 5.01 Å². The monoisotopic (exact) mass is 144 g/mol. The third-order valence-corrected chi connectivity index (χ3v) is 1.48. The molecule has 1 fully saturated rings. The zero-order valence-electron chi connectivity index (χ0n) is 6.00. The van der Waals surface area contributed by atoms with Gasteiger partial charge in [-0.05, 0) is 6.92 Å². The van der Waals surface area contributed by atoms with Crippen molar-refractivity contribution in [3.8, 4) is 0 Å². The largest absolute Gasteiger partial charge is 0.394 e. The van der Waals surface area contributed by atoms with Gasteiger partial charge in [0.05, 0.1) is 13.2 Å². The first-order chi connectivity index (χ1) is 4.74. The van der Waals surface area contributed by atoms with Gasteiger partial charge in [-0.3, -0.25) is 9.80 Å². The molecule has 1 amide bonds. The van der Waals surface area contributed by atoms with E-state index in [0.717, 1.165) is 0 Å². The molecule has 1 aliphatic rings. The molecule has 4 nitrogen and oxygen atoms in total. The molecule has 0 spiro atoms. The fraction of sp³-hybridized carbons (Fsp3) is 0.833. The van der Waals surface area contributed by atoms with E-state index in [1.807, 2.05) is 6.92 Å². The lowest BCUT2D eigenvalue weighted by molar-refractivity contribution is -0.130. The Morgan fingerprint density at radius 3 is 3.00 bits per heavy atom. The van der Waals surface area contributed by atoms with E-state index in [4.69, 9.17) is 5.11 Å². The normalized spacial score (nSPS) is 26.0. The maximum absolute atomic E-state index is 10.9. The minimum Gasteiger partial charge on any atom is -0.394 e. The fourth-order valence-electron chi connectivity index (χ4n) is 1.05. The van der Waals surface area contributed by atoms with Gasteiger partial charge in [0.2, 0.25) is 5.91 Å². The first kappa shape index (κ1) is 7.50. The SMILES string of the molecule is CC1CC(=O)N(CCO)N1. The van der Waals surface area contributed by atoms with Gasteiger partial charge in [0.25, 0.3) is 0 Å². The lowest BCUT2D eigenvalue weighted by Gasteiger charge is -2.14. The van der Waals surface area contributed by atoms with Gasteiger partial charge in [-0.25, -0.2) is 5.43 Å². The zero-order valence-corrected chi connectivity index (χ0v) is 6.00. The highest BCUT2D eigenvalue weighted by atomic mass is 16.3. The van der Waals surface area contributed by atoms with Crippen LogP contribution in [-0.4, -0.2) is 35.2 Å². The average Bonchev–Trinajstić information content (AvgIpc) is 2.13. The highest BCUT2D eigenvalue weighted by Crippen LogP contribution is 2.04. The molecule has 1 unspecified atom stereocenters. The van der Waals surface area contributed by atoms with E-state index in [2.05, 4.69) is 5.43 Å². The maximum Gasteiger partial charge on any atom is 0.238 e. The van der Waals surface area contributed by atoms with E-state index < -0.39 is 0 Å². The number of hydrazine groups is 1. The molecule has 1 rings (SSSR count). The Hall–Kier alpha value is -0.610. The summed E-state index contributed by atoms with van der Waals surface area (Å²) in [5.74, 6) is 0.0709. The lowest BCUT2D eigenvalue weighted by atomic mass is 10.3. The van der Waals surface area contributed by atoms with E-state index in [9.17, 15) is 4.79 Å². The van der Waals surface area contributed by atoms with Crippen molar-refractivity contribution in [2.75, 3.05) is 13.2 Å². The standard InChI is InChI=1S/C6H12N2O2/c1-5-4-6(10)8(7-5)2-3-9/h5,7,9H,2-4H2,1H3. The number of nitrogens with zero attached hydrogens (tertiary/aromatic N) is 1. The van der Waals surface area contributed by atoms with Crippen LogP contribution in [0.5, 0.6) is 0 Å². The third-order valence-electron chi connectivity index (χ3n) is 1.48. The minimum atomic E-state index is 0.0193. The summed E-state index contributed by atoms with van der Waals surface area (Å²) in [6.45, 7) is 2.35. The quantitative estimate of drug-likeness (QED) is 0.528. The molecule has 1 heterocycles. The smallest absolute Gasteiger partial charge is 0.238 e. The molecule has 1 saturated heterocycles. The van der Waals surface area contributed by atoms with Crippen molar-refractivity contribution in [1.29, 1.82) is 0 Å². The van der Waals surface area contributed by atoms with Gasteiger partial charge in [0.15, 0.2) is 0 Å². The minimum absolute atomic E-state index is 0.0193. The number of β-amino-alcohol motifs (C(OH)–C–C–N with tert-alkyl or cyclic N) is 1. The second-order valence-electron chi connectivity index (χ2n) is 2.50. The molecule has 58 valence electrons. The second kappa shape index (κ2) is 2.98. The lowest BCUT2D eigenvalue weighted by Crippen LogP contribution is -2.38. The van der Waals surface area contributed by atoms with E-state index in [0.29, 0.717) is 13.0 Å². The molecule has 0 aromatic rings. The van der Waals surface area contributed by atoms with Crippen LogP contribution in [0.1, 0.15) is 13.3 Å². The molecular formula is C6H12N2O2. The molecule has 0 radical (unpaired) electrons. The van der Waals surface area contributed by atoms with Crippen molar-refractivity contribution in [3.05, 3.63) is 0 Å². The van der Waals surface area contributed by atoms with Crippen LogP contribution in [0.3, 0.4) is 0 Å². The van der Waals surface area contributed by atoms with Gasteiger partial charge in [0, 0.05) is 12.5 Å². The molecule has 0 aromatic carbocycles. The van der Waals surface area contributed by atoms with Crippen LogP contribution < -0.4 is 5.43 Å². The highest BCUT2D eigenvalue weighted by molar-refractivity contribution is 5.78. The van der Waals surface area contributed by atoms with E-state index in [1.54, 1.807) is 0 Å². The molecule has 0 aromatic heterocycles. The number of aliphatic hydroxyl groups excluding tert-OH is 1. The maximum atomic E-state index is 10.9. The van der Waals surface area contributed by atoms with Gasteiger partial charge in [0.1, 0.15) is 0 Å². The number of hydrogen-bond donors (Lipinski definition) is 2. The molecule has 0 saturated carbocycles. The summed E-state index contributed by atoms with van der Waals surface area (Å²) in [6.07, 6.45) is 0.542. The molecule has 2 N–H and O–H groups in total. The Labute approximate surface area is 59.8 Å². The summed E-state index contributed by atoms with van der Waals surface area (Å²) in [5, 5.41) is 9.96. The average molecular weight is 144 g/mol. The van der Waals surface area contributed by atoms with Crippen molar-refractivity contribution in [1.82, 2.24) is 10.4 Å². The van der Waals surface area contributed by atoms with Crippen LogP contribution in [0.25, 0.3) is 0 Å². The molecule has 0 bridgehead atoms. The Balaban J connectivity index is 2.39. The Morgan fingerprint density at radius 1 is 1.90 bits per heavy atom. The highest BCUT2D eigenvalue weighted by Gasteiger charge is 2.24. The summed E-state index contributed by atoms with van der Waals surface area (Å²) < 4.78 is 0. The molecule has 0 aliphatic carbocycles. The van der Waals surface area contributed by atoms with Crippen molar-refractivity contribution in [3.63, 3.8) is 0 Å². The van der Waals surface area contributed by atoms with E-state index in [-0.39, 0.29) is 18.6 Å². The number of nitrogens with one attached hydrogen (secondary N) is 1. The van der Waals surface area contributed by atoms with Gasteiger partial charge < -0.3 is 5.11 Å². The van der Waals surface area contributed by atoms with Gasteiger partial charge in [-0.2, -0.15) is 0 Å². The molecular weight excluding hydrogens is 132 g/mol. The zero-order chi connectivity index (χ0) is 7.56. The first-order valence-corrected chi connectivity index (χ1v) is 3.41. The Morgan fingerprint density at radius 2 is 2.60 bits per heavy atom. The number of amides is 1. The number of hydrogen-bond acceptors (Lipinski definition) is 3. The predicted molar refractivity (Wildman–Crippen MR) is 36.0 cm³/mol. The molecule has 4 heteroatoms. The number of carbonyl (C=O) groups is 1. The Bertz CT molecular complexity index is 138. The summed E-state index contributed by atoms with van der Waals surface area (Å²) in [7, 11) is 0. The third kappa shape index (κ3) is 1.46. The molecule has 10 heavy (non-hydrogen) atoms. The van der Waals surface area contributed by atoms with Crippen molar-refractivity contribution >= 4 is 5.91 Å². The van der Waals surface area contributed by atoms with Crippen LogP contribution in [-0.2, 0) is 4.79 Å². The van der Waals surface area contributed by atoms with Crippen LogP contribution in [0.4, 0.5) is 0 Å². The van der Waals surface area contributed by atoms with Crippen LogP contribution in [0.2, 0.25) is 0 Å². The first-order valence-electron chi connectivity index (χ1n) is 3.41. The summed E-state index contributed by atoms with van der Waals surface area (Å²) >= 11 is 0. The van der Waals surface area contributed by atoms with E-state index >= 15 is 0 Å². The van der Waals surface area contributed by atoms with Gasteiger partial charge in [-0.1, -0.05) is 0 Å². The fourth-order valence-corrected chi connectivity index (χ4v) is 1.05. The number of carbonyl (C=O) groups excluding carboxylic acids is 1. The number of rotatable bonds is 2. The van der Waals surface area contributed by atoms with Crippen molar-refractivity contribution < 1.29 is 9.90 Å².